The zero-order valence-corrected chi connectivity index (χ0v) is 13.8. The molecule has 3 rings (SSSR count). The molecule has 1 aromatic heterocycles. The molecule has 0 bridgehead atoms. The van der Waals surface area contributed by atoms with Gasteiger partial charge in [0.05, 0.1) is 10.7 Å². The monoisotopic (exact) mass is 361 g/mol. The predicted octanol–water partition coefficient (Wildman–Crippen LogP) is 4.23. The molecule has 0 atom stereocenters. The first kappa shape index (κ1) is 16.3. The van der Waals surface area contributed by atoms with E-state index in [4.69, 9.17) is 16.3 Å². The van der Waals surface area contributed by atoms with Crippen molar-refractivity contribution in [2.24, 2.45) is 0 Å². The summed E-state index contributed by atoms with van der Waals surface area (Å²) in [5.41, 5.74) is 1.38. The number of carbonyl (C=O) groups excluding carboxylic acids is 1. The molecule has 0 unspecified atom stereocenters. The number of nitrogens with zero attached hydrogens (tertiary/aromatic N) is 1. The van der Waals surface area contributed by atoms with E-state index in [0.29, 0.717) is 10.7 Å². The molecule has 5 nitrogen and oxygen atoms in total. The largest absolute Gasteiger partial charge is 0.508 e. The molecule has 0 saturated heterocycles. The molecule has 1 heterocycles. The van der Waals surface area contributed by atoms with Gasteiger partial charge < -0.3 is 14.9 Å². The molecule has 0 saturated carbocycles. The maximum Gasteiger partial charge on any atom is 0.342 e. The molecular formula is C17H12ClNO4S. The number of aromatic hydroxyl groups is 2. The van der Waals surface area contributed by atoms with Crippen LogP contribution in [-0.4, -0.2) is 21.2 Å². The molecule has 0 aliphatic carbocycles. The van der Waals surface area contributed by atoms with E-state index < -0.39 is 5.97 Å². The Bertz CT molecular complexity index is 894. The Morgan fingerprint density at radius 2 is 2.00 bits per heavy atom. The number of aromatic nitrogens is 1. The van der Waals surface area contributed by atoms with Gasteiger partial charge in [0, 0.05) is 17.0 Å². The lowest BCUT2D eigenvalue weighted by Crippen LogP contribution is -2.05. The minimum absolute atomic E-state index is 0.0191. The molecule has 0 amide bonds. The van der Waals surface area contributed by atoms with Gasteiger partial charge in [-0.3, -0.25) is 0 Å². The van der Waals surface area contributed by atoms with Crippen molar-refractivity contribution in [3.63, 3.8) is 0 Å². The van der Waals surface area contributed by atoms with Gasteiger partial charge in [-0.05, 0) is 18.2 Å². The lowest BCUT2D eigenvalue weighted by atomic mass is 10.2. The maximum absolute atomic E-state index is 12.0. The predicted molar refractivity (Wildman–Crippen MR) is 91.5 cm³/mol. The van der Waals surface area contributed by atoms with Gasteiger partial charge in [0.1, 0.15) is 28.7 Å². The first-order chi connectivity index (χ1) is 11.5. The number of benzene rings is 2. The highest BCUT2D eigenvalue weighted by Gasteiger charge is 2.14. The molecular weight excluding hydrogens is 350 g/mol. The van der Waals surface area contributed by atoms with Crippen LogP contribution in [0.2, 0.25) is 5.02 Å². The highest BCUT2D eigenvalue weighted by molar-refractivity contribution is 7.13. The summed E-state index contributed by atoms with van der Waals surface area (Å²) in [4.78, 5) is 16.4. The fraction of sp³-hybridized carbons (Fsp3) is 0.0588. The van der Waals surface area contributed by atoms with Gasteiger partial charge in [-0.2, -0.15) is 0 Å². The smallest absolute Gasteiger partial charge is 0.342 e. The molecule has 0 aliphatic heterocycles. The molecule has 7 heteroatoms. The molecule has 122 valence electrons. The van der Waals surface area contributed by atoms with Crippen molar-refractivity contribution >= 4 is 28.9 Å². The number of halogens is 1. The van der Waals surface area contributed by atoms with Gasteiger partial charge in [-0.15, -0.1) is 11.3 Å². The van der Waals surface area contributed by atoms with E-state index in [9.17, 15) is 15.0 Å². The third-order valence-electron chi connectivity index (χ3n) is 3.21. The van der Waals surface area contributed by atoms with Crippen LogP contribution in [0.5, 0.6) is 11.5 Å². The van der Waals surface area contributed by atoms with Crippen LogP contribution >= 0.6 is 22.9 Å². The number of esters is 1. The van der Waals surface area contributed by atoms with E-state index in [1.165, 1.54) is 23.5 Å². The van der Waals surface area contributed by atoms with Crippen molar-refractivity contribution in [2.45, 2.75) is 6.61 Å². The van der Waals surface area contributed by atoms with Crippen LogP contribution in [0.15, 0.2) is 47.8 Å². The van der Waals surface area contributed by atoms with Gasteiger partial charge in [0.2, 0.25) is 0 Å². The van der Waals surface area contributed by atoms with Gasteiger partial charge in [-0.25, -0.2) is 9.78 Å². The van der Waals surface area contributed by atoms with Gasteiger partial charge in [0.15, 0.2) is 0 Å². The summed E-state index contributed by atoms with van der Waals surface area (Å²) in [6.07, 6.45) is 0. The standard InChI is InChI=1S/C17H12ClNO4S/c18-14-4-2-1-3-12(14)16-19-10(9-24-16)8-23-17(22)13-6-5-11(20)7-15(13)21/h1-7,9,20-21H,8H2. The van der Waals surface area contributed by atoms with Crippen LogP contribution in [0.4, 0.5) is 0 Å². The van der Waals surface area contributed by atoms with Crippen LogP contribution in [0.1, 0.15) is 16.1 Å². The fourth-order valence-corrected chi connectivity index (χ4v) is 3.17. The first-order valence-corrected chi connectivity index (χ1v) is 8.19. The molecule has 24 heavy (non-hydrogen) atoms. The third kappa shape index (κ3) is 3.50. The maximum atomic E-state index is 12.0. The van der Waals surface area contributed by atoms with Crippen molar-refractivity contribution in [3.8, 4) is 22.1 Å². The summed E-state index contributed by atoms with van der Waals surface area (Å²) < 4.78 is 5.14. The Balaban J connectivity index is 1.69. The minimum Gasteiger partial charge on any atom is -0.508 e. The summed E-state index contributed by atoms with van der Waals surface area (Å²) in [7, 11) is 0. The SMILES string of the molecule is O=C(OCc1csc(-c2ccccc2Cl)n1)c1ccc(O)cc1O. The Hall–Kier alpha value is -2.57. The molecule has 0 radical (unpaired) electrons. The second kappa shape index (κ2) is 6.90. The number of carbonyl (C=O) groups is 1. The number of thiazole rings is 1. The number of hydrogen-bond acceptors (Lipinski definition) is 6. The van der Waals surface area contributed by atoms with Crippen molar-refractivity contribution in [2.75, 3.05) is 0 Å². The Morgan fingerprint density at radius 3 is 2.75 bits per heavy atom. The lowest BCUT2D eigenvalue weighted by molar-refractivity contribution is 0.0465. The van der Waals surface area contributed by atoms with Crippen molar-refractivity contribution in [1.29, 1.82) is 0 Å². The van der Waals surface area contributed by atoms with Gasteiger partial charge in [0.25, 0.3) is 0 Å². The summed E-state index contributed by atoms with van der Waals surface area (Å²) in [5, 5.41) is 22.0. The zero-order valence-electron chi connectivity index (χ0n) is 12.3. The van der Waals surface area contributed by atoms with Crippen molar-refractivity contribution in [1.82, 2.24) is 4.98 Å². The number of phenolic OH excluding ortho intramolecular Hbond substituents is 2. The highest BCUT2D eigenvalue weighted by atomic mass is 35.5. The molecule has 0 aliphatic rings. The highest BCUT2D eigenvalue weighted by Crippen LogP contribution is 2.30. The average molecular weight is 362 g/mol. The Morgan fingerprint density at radius 1 is 1.21 bits per heavy atom. The number of rotatable bonds is 4. The molecule has 0 spiro atoms. The van der Waals surface area contributed by atoms with Crippen LogP contribution in [0.3, 0.4) is 0 Å². The van der Waals surface area contributed by atoms with Crippen LogP contribution in [-0.2, 0) is 11.3 Å². The van der Waals surface area contributed by atoms with Crippen molar-refractivity contribution < 1.29 is 19.7 Å². The van der Waals surface area contributed by atoms with E-state index in [1.807, 2.05) is 18.2 Å². The summed E-state index contributed by atoms with van der Waals surface area (Å²) in [6, 6.07) is 11.0. The number of ether oxygens (including phenoxy) is 1. The Labute approximate surface area is 146 Å². The quantitative estimate of drug-likeness (QED) is 0.680. The number of hydrogen-bond donors (Lipinski definition) is 2. The Kier molecular flexibility index (Phi) is 4.69. The van der Waals surface area contributed by atoms with E-state index in [2.05, 4.69) is 4.98 Å². The van der Waals surface area contributed by atoms with E-state index in [0.717, 1.165) is 16.6 Å². The van der Waals surface area contributed by atoms with Crippen LogP contribution in [0.25, 0.3) is 10.6 Å². The summed E-state index contributed by atoms with van der Waals surface area (Å²) >= 11 is 7.54. The summed E-state index contributed by atoms with van der Waals surface area (Å²) in [5.74, 6) is -1.16. The second-order valence-electron chi connectivity index (χ2n) is 4.90. The average Bonchev–Trinajstić information content (AvgIpc) is 3.02. The topological polar surface area (TPSA) is 79.7 Å². The third-order valence-corrected chi connectivity index (χ3v) is 4.46. The molecule has 3 aromatic rings. The fourth-order valence-electron chi connectivity index (χ4n) is 2.04. The van der Waals surface area contributed by atoms with Gasteiger partial charge >= 0.3 is 5.97 Å². The van der Waals surface area contributed by atoms with E-state index >= 15 is 0 Å². The second-order valence-corrected chi connectivity index (χ2v) is 6.17. The minimum atomic E-state index is -0.695. The first-order valence-electron chi connectivity index (χ1n) is 6.93. The summed E-state index contributed by atoms with van der Waals surface area (Å²) in [6.45, 7) is -0.0277. The molecule has 2 N–H and O–H groups in total. The molecule has 0 fully saturated rings. The van der Waals surface area contributed by atoms with E-state index in [-0.39, 0.29) is 23.7 Å². The van der Waals surface area contributed by atoms with Gasteiger partial charge in [-0.1, -0.05) is 29.8 Å². The molecule has 2 aromatic carbocycles. The lowest BCUT2D eigenvalue weighted by Gasteiger charge is -2.05. The normalized spacial score (nSPS) is 10.5. The number of phenols is 2. The van der Waals surface area contributed by atoms with E-state index in [1.54, 1.807) is 11.4 Å². The van der Waals surface area contributed by atoms with Crippen molar-refractivity contribution in [3.05, 3.63) is 64.1 Å². The van der Waals surface area contributed by atoms with Crippen LogP contribution < -0.4 is 0 Å². The zero-order chi connectivity index (χ0) is 17.1. The van der Waals surface area contributed by atoms with Crippen LogP contribution in [0, 0.1) is 0 Å².